The van der Waals surface area contributed by atoms with Gasteiger partial charge in [0.2, 0.25) is 11.8 Å². The number of anilines is 2. The second-order valence-electron chi connectivity index (χ2n) is 7.67. The number of rotatable bonds is 6. The summed E-state index contributed by atoms with van der Waals surface area (Å²) in [4.78, 5) is 15.9. The lowest BCUT2D eigenvalue weighted by Crippen LogP contribution is -2.37. The van der Waals surface area contributed by atoms with Crippen molar-refractivity contribution in [2.45, 2.75) is 4.90 Å². The molecule has 4 heterocycles. The number of hydrogen-bond donors (Lipinski definition) is 2. The van der Waals surface area contributed by atoms with Gasteiger partial charge in [0, 0.05) is 41.4 Å². The van der Waals surface area contributed by atoms with Crippen molar-refractivity contribution in [3.05, 3.63) is 54.6 Å². The van der Waals surface area contributed by atoms with Crippen molar-refractivity contribution in [3.8, 4) is 33.9 Å². The highest BCUT2D eigenvalue weighted by Crippen LogP contribution is 2.33. The largest absolute Gasteiger partial charge is 0.384 e. The first-order valence-corrected chi connectivity index (χ1v) is 12.2. The van der Waals surface area contributed by atoms with Crippen molar-refractivity contribution in [2.24, 2.45) is 0 Å². The van der Waals surface area contributed by atoms with E-state index in [4.69, 9.17) is 20.4 Å². The lowest BCUT2D eigenvalue weighted by molar-refractivity contribution is 0.122. The summed E-state index contributed by atoms with van der Waals surface area (Å²) in [5.41, 5.74) is 8.83. The predicted octanol–water partition coefficient (Wildman–Crippen LogP) is 1.72. The molecule has 3 N–H and O–H groups in total. The summed E-state index contributed by atoms with van der Waals surface area (Å²) < 4.78 is 30.2. The Morgan fingerprint density at radius 3 is 2.63 bits per heavy atom. The molecule has 1 aromatic carbocycles. The number of pyridine rings is 1. The van der Waals surface area contributed by atoms with Crippen molar-refractivity contribution < 1.29 is 13.2 Å². The van der Waals surface area contributed by atoms with Crippen LogP contribution in [0.4, 0.5) is 11.8 Å². The molecule has 0 bridgehead atoms. The highest BCUT2D eigenvalue weighted by molar-refractivity contribution is 7.94. The zero-order chi connectivity index (χ0) is 24.4. The van der Waals surface area contributed by atoms with Gasteiger partial charge in [-0.2, -0.15) is 5.21 Å². The molecule has 178 valence electrons. The monoisotopic (exact) mass is 491 g/mol. The number of nitrogens with zero attached hydrogens (tertiary/aromatic N) is 7. The Kier molecular flexibility index (Phi) is 5.93. The summed E-state index contributed by atoms with van der Waals surface area (Å²) in [6.07, 6.45) is 1.59. The number of aromatic nitrogens is 7. The summed E-state index contributed by atoms with van der Waals surface area (Å²) in [6, 6.07) is 9.95. The Bertz CT molecular complexity index is 1480. The molecule has 5 rings (SSSR count). The fourth-order valence-corrected chi connectivity index (χ4v) is 4.44. The summed E-state index contributed by atoms with van der Waals surface area (Å²) in [6.45, 7) is 5.74. The molecule has 0 atom stereocenters. The molecule has 35 heavy (non-hydrogen) atoms. The van der Waals surface area contributed by atoms with Crippen LogP contribution in [0.2, 0.25) is 0 Å². The van der Waals surface area contributed by atoms with Gasteiger partial charge in [-0.3, -0.25) is 0 Å². The molecule has 1 fully saturated rings. The minimum absolute atomic E-state index is 0.125. The van der Waals surface area contributed by atoms with Crippen LogP contribution in [0.1, 0.15) is 0 Å². The molecule has 0 saturated carbocycles. The summed E-state index contributed by atoms with van der Waals surface area (Å²) >= 11 is 0. The molecule has 0 amide bonds. The molecule has 0 unspecified atom stereocenters. The molecule has 3 aromatic heterocycles. The van der Waals surface area contributed by atoms with E-state index in [9.17, 15) is 8.42 Å². The molecule has 13 heteroatoms. The fraction of sp³-hybridized carbons (Fsp3) is 0.182. The molecule has 0 spiro atoms. The smallest absolute Gasteiger partial charge is 0.226 e. The zero-order valence-corrected chi connectivity index (χ0v) is 19.3. The number of nitrogens with one attached hydrogen (secondary N) is 1. The van der Waals surface area contributed by atoms with Gasteiger partial charge in [-0.25, -0.2) is 23.4 Å². The van der Waals surface area contributed by atoms with Crippen molar-refractivity contribution in [1.29, 1.82) is 0 Å². The molecule has 1 saturated heterocycles. The van der Waals surface area contributed by atoms with Gasteiger partial charge in [-0.1, -0.05) is 18.7 Å². The third-order valence-electron chi connectivity index (χ3n) is 5.47. The van der Waals surface area contributed by atoms with Gasteiger partial charge in [-0.05, 0) is 29.5 Å². The number of ether oxygens (including phenoxy) is 1. The number of nitrogen functional groups attached to an aromatic ring is 1. The van der Waals surface area contributed by atoms with Crippen LogP contribution in [0, 0.1) is 0 Å². The van der Waals surface area contributed by atoms with Gasteiger partial charge in [0.15, 0.2) is 9.84 Å². The van der Waals surface area contributed by atoms with Crippen LogP contribution >= 0.6 is 0 Å². The van der Waals surface area contributed by atoms with Crippen LogP contribution in [0.5, 0.6) is 0 Å². The molecule has 1 aliphatic heterocycles. The lowest BCUT2D eigenvalue weighted by Gasteiger charge is -2.27. The van der Waals surface area contributed by atoms with Crippen LogP contribution in [0.25, 0.3) is 33.9 Å². The zero-order valence-electron chi connectivity index (χ0n) is 18.5. The van der Waals surface area contributed by atoms with Gasteiger partial charge >= 0.3 is 0 Å². The SMILES string of the molecule is C=CS(=O)(=O)c1cccc(-c2cc(-c3cnc(N)cc3-c3nn[nH]n3)nc(N3CCOCC3)n2)c1. The van der Waals surface area contributed by atoms with E-state index in [2.05, 4.69) is 32.2 Å². The first-order valence-electron chi connectivity index (χ1n) is 10.6. The van der Waals surface area contributed by atoms with E-state index in [0.717, 1.165) is 5.41 Å². The maximum absolute atomic E-state index is 12.4. The molecular formula is C22H21N9O3S. The number of morpholine rings is 1. The van der Waals surface area contributed by atoms with E-state index in [-0.39, 0.29) is 4.90 Å². The van der Waals surface area contributed by atoms with Crippen molar-refractivity contribution in [2.75, 3.05) is 36.9 Å². The highest BCUT2D eigenvalue weighted by Gasteiger charge is 2.21. The second-order valence-corrected chi connectivity index (χ2v) is 9.56. The minimum Gasteiger partial charge on any atom is -0.384 e. The highest BCUT2D eigenvalue weighted by atomic mass is 32.2. The van der Waals surface area contributed by atoms with Crippen LogP contribution in [0.3, 0.4) is 0 Å². The van der Waals surface area contributed by atoms with Crippen molar-refractivity contribution >= 4 is 21.6 Å². The molecule has 12 nitrogen and oxygen atoms in total. The number of hydrogen-bond acceptors (Lipinski definition) is 11. The Morgan fingerprint density at radius 2 is 1.89 bits per heavy atom. The third kappa shape index (κ3) is 4.58. The second kappa shape index (κ2) is 9.19. The number of H-pyrrole nitrogens is 1. The number of tetrazole rings is 1. The molecule has 4 aromatic rings. The standard InChI is InChI=1S/C22H21N9O3S/c1-2-35(32,33)15-5-3-4-14(10-15)18-12-19(26-22(25-18)31-6-8-34-9-7-31)17-13-24-20(23)11-16(17)21-27-29-30-28-21/h2-5,10-13H,1,6-9H2,(H2,23,24)(H,27,28,29,30). The van der Waals surface area contributed by atoms with Crippen molar-refractivity contribution in [3.63, 3.8) is 0 Å². The van der Waals surface area contributed by atoms with Crippen LogP contribution in [0.15, 0.2) is 59.5 Å². The third-order valence-corrected chi connectivity index (χ3v) is 6.82. The van der Waals surface area contributed by atoms with E-state index < -0.39 is 9.84 Å². The van der Waals surface area contributed by atoms with E-state index in [1.807, 2.05) is 4.90 Å². The van der Waals surface area contributed by atoms with Crippen molar-refractivity contribution in [1.82, 2.24) is 35.6 Å². The van der Waals surface area contributed by atoms with E-state index in [0.29, 0.717) is 72.0 Å². The Labute approximate surface area is 200 Å². The molecular weight excluding hydrogens is 470 g/mol. The fourth-order valence-electron chi connectivity index (χ4n) is 3.69. The van der Waals surface area contributed by atoms with Crippen LogP contribution < -0.4 is 10.6 Å². The summed E-state index contributed by atoms with van der Waals surface area (Å²) in [5.74, 6) is 1.11. The Morgan fingerprint density at radius 1 is 1.09 bits per heavy atom. The molecule has 0 radical (unpaired) electrons. The van der Waals surface area contributed by atoms with Crippen LogP contribution in [-0.2, 0) is 14.6 Å². The summed E-state index contributed by atoms with van der Waals surface area (Å²) in [7, 11) is -3.62. The van der Waals surface area contributed by atoms with Gasteiger partial charge in [0.05, 0.1) is 29.5 Å². The normalized spacial score (nSPS) is 14.1. The Hall–Kier alpha value is -4.23. The average molecular weight is 492 g/mol. The maximum Gasteiger partial charge on any atom is 0.226 e. The predicted molar refractivity (Wildman–Crippen MR) is 129 cm³/mol. The average Bonchev–Trinajstić information content (AvgIpc) is 3.44. The van der Waals surface area contributed by atoms with E-state index in [1.54, 1.807) is 36.5 Å². The van der Waals surface area contributed by atoms with Crippen LogP contribution in [-0.4, -0.2) is 70.3 Å². The topological polar surface area (TPSA) is 166 Å². The number of nitrogens with two attached hydrogens (primary N) is 1. The quantitative estimate of drug-likeness (QED) is 0.403. The first-order chi connectivity index (χ1) is 16.9. The first kappa shape index (κ1) is 22.6. The number of aromatic amines is 1. The van der Waals surface area contributed by atoms with Gasteiger partial charge in [0.25, 0.3) is 0 Å². The molecule has 0 aliphatic carbocycles. The van der Waals surface area contributed by atoms with Gasteiger partial charge < -0.3 is 15.4 Å². The summed E-state index contributed by atoms with van der Waals surface area (Å²) in [5, 5.41) is 15.2. The minimum atomic E-state index is -3.62. The maximum atomic E-state index is 12.4. The number of sulfone groups is 1. The van der Waals surface area contributed by atoms with Gasteiger partial charge in [-0.15, -0.1) is 10.2 Å². The van der Waals surface area contributed by atoms with Gasteiger partial charge in [0.1, 0.15) is 5.82 Å². The molecule has 1 aliphatic rings. The number of benzene rings is 1. The van der Waals surface area contributed by atoms with E-state index in [1.165, 1.54) is 6.07 Å². The van der Waals surface area contributed by atoms with E-state index >= 15 is 0 Å². The Balaban J connectivity index is 1.70. The lowest BCUT2D eigenvalue weighted by atomic mass is 10.0.